The minimum absolute atomic E-state index is 0.0384. The molecule has 0 aliphatic carbocycles. The summed E-state index contributed by atoms with van der Waals surface area (Å²) in [7, 11) is 0. The molecule has 1 aliphatic heterocycles. The molecule has 59 heavy (non-hydrogen) atoms. The Morgan fingerprint density at radius 3 is 1.92 bits per heavy atom. The number of unbranched alkanes of at least 4 members (excludes halogenated alkanes) is 13. The molecule has 0 aromatic heterocycles. The van der Waals surface area contributed by atoms with Gasteiger partial charge in [-0.05, 0) is 57.8 Å². The fraction of sp³-hybridized carbons (Fsp3) is 0.778. The molecule has 1 heterocycles. The third-order valence-electron chi connectivity index (χ3n) is 11.4. The Labute approximate surface area is 354 Å². The maximum absolute atomic E-state index is 13.3. The summed E-state index contributed by atoms with van der Waals surface area (Å²) < 4.78 is 11.2. The minimum Gasteiger partial charge on any atom is -0.395 e. The molecule has 0 saturated carbocycles. The van der Waals surface area contributed by atoms with E-state index in [2.05, 4.69) is 17.4 Å². The van der Waals surface area contributed by atoms with Crippen molar-refractivity contribution < 1.29 is 39.0 Å². The lowest BCUT2D eigenvalue weighted by molar-refractivity contribution is -0.248. The number of aliphatic hydroxyl groups excluding tert-OH is 1. The molecule has 2 N–H and O–H groups in total. The number of hydroxylamine groups is 2. The van der Waals surface area contributed by atoms with Gasteiger partial charge < -0.3 is 29.7 Å². The van der Waals surface area contributed by atoms with Crippen LogP contribution in [0.25, 0.3) is 0 Å². The first-order valence-corrected chi connectivity index (χ1v) is 22.3. The van der Waals surface area contributed by atoms with E-state index >= 15 is 0 Å². The number of nitroso groups, excluding NO2 is 1. The summed E-state index contributed by atoms with van der Waals surface area (Å²) >= 11 is 0. The molecule has 0 spiro atoms. The molecular weight excluding hydrogens is 755 g/mol. The number of nitrogens with zero attached hydrogens (tertiary/aromatic N) is 4. The molecule has 1 aromatic rings. The van der Waals surface area contributed by atoms with Gasteiger partial charge in [0.25, 0.3) is 0 Å². The molecule has 14 nitrogen and oxygen atoms in total. The fourth-order valence-electron chi connectivity index (χ4n) is 7.88. The van der Waals surface area contributed by atoms with Crippen LogP contribution in [0.5, 0.6) is 0 Å². The van der Waals surface area contributed by atoms with Crippen molar-refractivity contribution in [1.82, 2.24) is 20.2 Å². The summed E-state index contributed by atoms with van der Waals surface area (Å²) in [5, 5.41) is 29.1. The highest BCUT2D eigenvalue weighted by molar-refractivity contribution is 6.03. The molecule has 1 saturated heterocycles. The second-order valence-corrected chi connectivity index (χ2v) is 17.1. The average Bonchev–Trinajstić information content (AvgIpc) is 3.39. The quantitative estimate of drug-likeness (QED) is 0.0403. The van der Waals surface area contributed by atoms with Crippen molar-refractivity contribution in [2.75, 3.05) is 65.8 Å². The first-order chi connectivity index (χ1) is 28.3. The van der Waals surface area contributed by atoms with Gasteiger partial charge in [0, 0.05) is 50.1 Å². The Bertz CT molecular complexity index is 1390. The zero-order valence-corrected chi connectivity index (χ0v) is 37.0. The van der Waals surface area contributed by atoms with Crippen LogP contribution in [0.15, 0.2) is 29.4 Å². The molecular formula is C45H76N5O9. The lowest BCUT2D eigenvalue weighted by Crippen LogP contribution is -2.50. The van der Waals surface area contributed by atoms with Crippen LogP contribution < -0.4 is 5.32 Å². The number of carbonyl (C=O) groups excluding carboxylic acids is 4. The summed E-state index contributed by atoms with van der Waals surface area (Å²) in [6.45, 7) is 11.2. The molecule has 14 heteroatoms. The third kappa shape index (κ3) is 19.3. The van der Waals surface area contributed by atoms with Gasteiger partial charge >= 0.3 is 0 Å². The number of aliphatic hydroxyl groups is 1. The highest BCUT2D eigenvalue weighted by Gasteiger charge is 2.55. The second kappa shape index (κ2) is 29.0. The van der Waals surface area contributed by atoms with Crippen molar-refractivity contribution in [3.05, 3.63) is 34.7 Å². The number of amides is 3. The normalized spacial score (nSPS) is 15.9. The van der Waals surface area contributed by atoms with E-state index in [1.165, 1.54) is 81.2 Å². The average molecular weight is 831 g/mol. The Kier molecular flexibility index (Phi) is 25.5. The van der Waals surface area contributed by atoms with Crippen molar-refractivity contribution in [3.8, 4) is 0 Å². The molecule has 335 valence electrons. The van der Waals surface area contributed by atoms with Gasteiger partial charge in [-0.3, -0.25) is 19.2 Å². The molecule has 1 unspecified atom stereocenters. The van der Waals surface area contributed by atoms with Gasteiger partial charge in [-0.1, -0.05) is 103 Å². The lowest BCUT2D eigenvalue weighted by atomic mass is 9.86. The van der Waals surface area contributed by atoms with Gasteiger partial charge in [0.15, 0.2) is 5.78 Å². The largest absolute Gasteiger partial charge is 0.395 e. The van der Waals surface area contributed by atoms with E-state index in [1.807, 2.05) is 13.8 Å². The number of hydrogen-bond donors (Lipinski definition) is 2. The predicted molar refractivity (Wildman–Crippen MR) is 229 cm³/mol. The van der Waals surface area contributed by atoms with Gasteiger partial charge in [0.05, 0.1) is 51.0 Å². The summed E-state index contributed by atoms with van der Waals surface area (Å²) in [5.41, 5.74) is -1.30. The van der Waals surface area contributed by atoms with Crippen molar-refractivity contribution in [2.45, 2.75) is 155 Å². The first-order valence-electron chi connectivity index (χ1n) is 22.3. The number of benzene rings is 1. The Morgan fingerprint density at radius 2 is 1.36 bits per heavy atom. The van der Waals surface area contributed by atoms with Crippen LogP contribution in [0, 0.1) is 10.8 Å². The Balaban J connectivity index is 1.68. The van der Waals surface area contributed by atoms with Gasteiger partial charge in [-0.25, -0.2) is 0 Å². The van der Waals surface area contributed by atoms with Gasteiger partial charge in [-0.2, -0.15) is 0 Å². The monoisotopic (exact) mass is 831 g/mol. The summed E-state index contributed by atoms with van der Waals surface area (Å²) in [6.07, 6.45) is 17.3. The van der Waals surface area contributed by atoms with Gasteiger partial charge in [0.2, 0.25) is 17.7 Å². The van der Waals surface area contributed by atoms with Crippen LogP contribution in [0.4, 0.5) is 5.69 Å². The standard InChI is InChI=1S/C45H76N5O9/c1-6-7-8-9-10-11-12-13-14-15-16-17-18-21-27-49(36-40(52)37-22-19-20-23-39(37)47-56)42(54)25-24-41(53)46-26-31-58-33-34-59-32-29-48(28-30-51)43(55)38-35-44(2,3)50(57)45(38,4)5/h19-20,22-23,38,51H,6-18,21,24-36H2,1-5H3,(H,46,53). The number of rotatable bonds is 34. The zero-order chi connectivity index (χ0) is 43.5. The van der Waals surface area contributed by atoms with E-state index in [0.29, 0.717) is 13.0 Å². The van der Waals surface area contributed by atoms with Crippen LogP contribution >= 0.6 is 0 Å². The van der Waals surface area contributed by atoms with Crippen LogP contribution in [0.1, 0.15) is 154 Å². The highest BCUT2D eigenvalue weighted by Crippen LogP contribution is 2.44. The fourth-order valence-corrected chi connectivity index (χ4v) is 7.88. The highest BCUT2D eigenvalue weighted by atomic mass is 16.5. The number of hydrogen-bond acceptors (Lipinski definition) is 10. The van der Waals surface area contributed by atoms with Crippen molar-refractivity contribution in [3.63, 3.8) is 0 Å². The van der Waals surface area contributed by atoms with E-state index in [-0.39, 0.29) is 107 Å². The van der Waals surface area contributed by atoms with Crippen molar-refractivity contribution >= 4 is 29.2 Å². The topological polar surface area (TPSA) is 178 Å². The zero-order valence-electron chi connectivity index (χ0n) is 37.0. The van der Waals surface area contributed by atoms with E-state index in [9.17, 15) is 34.4 Å². The number of ketones is 1. The second-order valence-electron chi connectivity index (χ2n) is 17.1. The SMILES string of the molecule is CCCCCCCCCCCCCCCCN(CC(=O)c1ccccc1N=O)C(=O)CCC(=O)NCCOCCOCCN(CCO)C(=O)C1CC(C)(C)N([O])C1(C)C. The minimum atomic E-state index is -0.857. The Hall–Kier alpha value is -3.30. The first kappa shape index (κ1) is 51.8. The van der Waals surface area contributed by atoms with Crippen LogP contribution in [-0.4, -0.2) is 120 Å². The van der Waals surface area contributed by atoms with Crippen molar-refractivity contribution in [2.24, 2.45) is 11.1 Å². The smallest absolute Gasteiger partial charge is 0.227 e. The van der Waals surface area contributed by atoms with Gasteiger partial charge in [-0.15, -0.1) is 15.2 Å². The van der Waals surface area contributed by atoms with Crippen LogP contribution in [0.2, 0.25) is 0 Å². The number of Topliss-reactive ketones (excluding diaryl/α,β-unsaturated/α-hetero) is 1. The lowest BCUT2D eigenvalue weighted by Gasteiger charge is -2.35. The number of ether oxygens (including phenoxy) is 2. The Morgan fingerprint density at radius 1 is 0.780 bits per heavy atom. The molecule has 2 rings (SSSR count). The van der Waals surface area contributed by atoms with Crippen molar-refractivity contribution in [1.29, 1.82) is 0 Å². The molecule has 0 bridgehead atoms. The molecule has 1 fully saturated rings. The summed E-state index contributed by atoms with van der Waals surface area (Å²) in [4.78, 5) is 66.7. The number of nitrogens with one attached hydrogen (secondary N) is 1. The maximum atomic E-state index is 13.3. The molecule has 1 atom stereocenters. The van der Waals surface area contributed by atoms with Crippen LogP contribution in [0.3, 0.4) is 0 Å². The molecule has 1 aromatic carbocycles. The third-order valence-corrected chi connectivity index (χ3v) is 11.4. The van der Waals surface area contributed by atoms with E-state index in [4.69, 9.17) is 9.47 Å². The van der Waals surface area contributed by atoms with E-state index in [1.54, 1.807) is 30.9 Å². The van der Waals surface area contributed by atoms with Crippen LogP contribution in [-0.2, 0) is 29.1 Å². The van der Waals surface area contributed by atoms with E-state index < -0.39 is 17.0 Å². The summed E-state index contributed by atoms with van der Waals surface area (Å²) in [6, 6.07) is 6.30. The summed E-state index contributed by atoms with van der Waals surface area (Å²) in [5.74, 6) is -1.63. The van der Waals surface area contributed by atoms with Gasteiger partial charge in [0.1, 0.15) is 5.69 Å². The predicted octanol–water partition coefficient (Wildman–Crippen LogP) is 7.55. The molecule has 3 amide bonds. The maximum Gasteiger partial charge on any atom is 0.227 e. The molecule has 1 radical (unpaired) electrons. The van der Waals surface area contributed by atoms with E-state index in [0.717, 1.165) is 30.7 Å². The molecule has 1 aliphatic rings. The number of carbonyl (C=O) groups is 4.